The lowest BCUT2D eigenvalue weighted by Gasteiger charge is -1.91. The largest absolute Gasteiger partial charge is 0.159 e. The molecular weight excluding hydrogens is 276 g/mol. The van der Waals surface area contributed by atoms with Crippen molar-refractivity contribution in [3.63, 3.8) is 0 Å². The second-order valence-electron chi connectivity index (χ2n) is 3.45. The molecule has 0 aromatic heterocycles. The fourth-order valence-corrected chi connectivity index (χ4v) is 1.55. The Morgan fingerprint density at radius 1 is 0.706 bits per heavy atom. The zero-order chi connectivity index (χ0) is 11.9. The molecule has 2 aromatic carbocycles. The normalized spacial score (nSPS) is 11.4. The van der Waals surface area contributed by atoms with Gasteiger partial charge in [-0.3, -0.25) is 0 Å². The zero-order valence-corrected chi connectivity index (χ0v) is 10.7. The Kier molecular flexibility index (Phi) is 4.22. The molecule has 0 amide bonds. The maximum atomic E-state index is 4.00. The van der Waals surface area contributed by atoms with Gasteiger partial charge in [-0.15, -0.1) is 0 Å². The highest BCUT2D eigenvalue weighted by Crippen LogP contribution is 2.09. The van der Waals surface area contributed by atoms with E-state index in [1.807, 2.05) is 54.6 Å². The van der Waals surface area contributed by atoms with E-state index in [0.717, 1.165) is 15.6 Å². The van der Waals surface area contributed by atoms with Gasteiger partial charge in [0.15, 0.2) is 0 Å². The molecule has 0 bridgehead atoms. The van der Waals surface area contributed by atoms with Crippen molar-refractivity contribution in [1.82, 2.24) is 0 Å². The Labute approximate surface area is 109 Å². The second kappa shape index (κ2) is 6.11. The average Bonchev–Trinajstić information content (AvgIpc) is 2.38. The van der Waals surface area contributed by atoms with Gasteiger partial charge in [-0.1, -0.05) is 58.4 Å². The number of benzene rings is 2. The van der Waals surface area contributed by atoms with Gasteiger partial charge in [-0.25, -0.2) is 0 Å². The molecule has 0 aliphatic heterocycles. The molecule has 0 spiro atoms. The van der Waals surface area contributed by atoms with Gasteiger partial charge in [0.2, 0.25) is 0 Å². The Morgan fingerprint density at radius 3 is 1.82 bits per heavy atom. The maximum absolute atomic E-state index is 4.00. The molecule has 0 heterocycles. The van der Waals surface area contributed by atoms with Gasteiger partial charge in [0.25, 0.3) is 0 Å². The van der Waals surface area contributed by atoms with Gasteiger partial charge < -0.3 is 0 Å². The number of hydrogen-bond acceptors (Lipinski definition) is 2. The summed E-state index contributed by atoms with van der Waals surface area (Å²) in [5.41, 5.74) is 2.07. The third kappa shape index (κ3) is 3.96. The molecule has 0 unspecified atom stereocenters. The molecule has 84 valence electrons. The fourth-order valence-electron chi connectivity index (χ4n) is 1.29. The van der Waals surface area contributed by atoms with Crippen LogP contribution >= 0.6 is 15.9 Å². The van der Waals surface area contributed by atoms with Gasteiger partial charge in [0.1, 0.15) is 0 Å². The summed E-state index contributed by atoms with van der Waals surface area (Å²) in [4.78, 5) is 0. The van der Waals surface area contributed by atoms with Crippen LogP contribution in [0.4, 0.5) is 0 Å². The molecular formula is C14H11BrN2. The summed E-state index contributed by atoms with van der Waals surface area (Å²) in [7, 11) is 0. The summed E-state index contributed by atoms with van der Waals surface area (Å²) in [5.74, 6) is 0. The van der Waals surface area contributed by atoms with Crippen molar-refractivity contribution in [2.75, 3.05) is 0 Å². The zero-order valence-electron chi connectivity index (χ0n) is 9.12. The molecule has 0 saturated carbocycles. The Bertz CT molecular complexity index is 516. The standard InChI is InChI=1S/C14H11BrN2/c15-14-8-6-13(7-9-14)11-17-16-10-12-4-2-1-3-5-12/h1-11H. The van der Waals surface area contributed by atoms with Crippen LogP contribution in [0.3, 0.4) is 0 Å². The van der Waals surface area contributed by atoms with Gasteiger partial charge in [-0.2, -0.15) is 10.2 Å². The van der Waals surface area contributed by atoms with Crippen molar-refractivity contribution < 1.29 is 0 Å². The average molecular weight is 287 g/mol. The first-order chi connectivity index (χ1) is 8.34. The van der Waals surface area contributed by atoms with Crippen LogP contribution in [0, 0.1) is 0 Å². The Hall–Kier alpha value is -1.74. The second-order valence-corrected chi connectivity index (χ2v) is 4.37. The van der Waals surface area contributed by atoms with Crippen LogP contribution < -0.4 is 0 Å². The lowest BCUT2D eigenvalue weighted by Crippen LogP contribution is -1.80. The van der Waals surface area contributed by atoms with Crippen LogP contribution in [0.15, 0.2) is 69.3 Å². The van der Waals surface area contributed by atoms with Crippen molar-refractivity contribution in [2.24, 2.45) is 10.2 Å². The lowest BCUT2D eigenvalue weighted by atomic mass is 10.2. The minimum atomic E-state index is 1.03. The first-order valence-electron chi connectivity index (χ1n) is 5.21. The van der Waals surface area contributed by atoms with Crippen LogP contribution in [-0.4, -0.2) is 12.4 Å². The van der Waals surface area contributed by atoms with E-state index in [9.17, 15) is 0 Å². The molecule has 0 aliphatic carbocycles. The van der Waals surface area contributed by atoms with Crippen molar-refractivity contribution in [1.29, 1.82) is 0 Å². The lowest BCUT2D eigenvalue weighted by molar-refractivity contribution is 1.26. The number of rotatable bonds is 3. The third-order valence-electron chi connectivity index (χ3n) is 2.15. The van der Waals surface area contributed by atoms with E-state index >= 15 is 0 Å². The minimum Gasteiger partial charge on any atom is -0.159 e. The van der Waals surface area contributed by atoms with Gasteiger partial charge in [0.05, 0.1) is 12.4 Å². The van der Waals surface area contributed by atoms with Crippen LogP contribution in [0.2, 0.25) is 0 Å². The maximum Gasteiger partial charge on any atom is 0.0568 e. The van der Waals surface area contributed by atoms with Crippen molar-refractivity contribution in [3.8, 4) is 0 Å². The minimum absolute atomic E-state index is 1.03. The van der Waals surface area contributed by atoms with Crippen LogP contribution in [0.25, 0.3) is 0 Å². The molecule has 0 atom stereocenters. The molecule has 0 radical (unpaired) electrons. The summed E-state index contributed by atoms with van der Waals surface area (Å²) in [5, 5.41) is 7.99. The molecule has 17 heavy (non-hydrogen) atoms. The summed E-state index contributed by atoms with van der Waals surface area (Å²) in [6.07, 6.45) is 3.46. The van der Waals surface area contributed by atoms with Crippen molar-refractivity contribution >= 4 is 28.4 Å². The summed E-state index contributed by atoms with van der Waals surface area (Å²) in [6, 6.07) is 17.8. The summed E-state index contributed by atoms with van der Waals surface area (Å²) in [6.45, 7) is 0. The van der Waals surface area contributed by atoms with E-state index < -0.39 is 0 Å². The van der Waals surface area contributed by atoms with Gasteiger partial charge in [0, 0.05) is 4.47 Å². The number of halogens is 1. The summed E-state index contributed by atoms with van der Waals surface area (Å²) >= 11 is 3.38. The van der Waals surface area contributed by atoms with E-state index in [0.29, 0.717) is 0 Å². The van der Waals surface area contributed by atoms with Crippen LogP contribution in [-0.2, 0) is 0 Å². The highest BCUT2D eigenvalue weighted by atomic mass is 79.9. The molecule has 2 rings (SSSR count). The van der Waals surface area contributed by atoms with Crippen LogP contribution in [0.1, 0.15) is 11.1 Å². The molecule has 3 heteroatoms. The quantitative estimate of drug-likeness (QED) is 0.604. The predicted octanol–water partition coefficient (Wildman–Crippen LogP) is 3.90. The molecule has 0 saturated heterocycles. The fraction of sp³-hybridized carbons (Fsp3) is 0. The Balaban J connectivity index is 1.98. The molecule has 0 aliphatic rings. The topological polar surface area (TPSA) is 24.7 Å². The number of nitrogens with zero attached hydrogens (tertiary/aromatic N) is 2. The van der Waals surface area contributed by atoms with E-state index in [4.69, 9.17) is 0 Å². The highest BCUT2D eigenvalue weighted by molar-refractivity contribution is 9.10. The predicted molar refractivity (Wildman–Crippen MR) is 75.8 cm³/mol. The molecule has 0 fully saturated rings. The van der Waals surface area contributed by atoms with Gasteiger partial charge >= 0.3 is 0 Å². The molecule has 2 nitrogen and oxygen atoms in total. The van der Waals surface area contributed by atoms with E-state index in [2.05, 4.69) is 26.1 Å². The SMILES string of the molecule is Brc1ccc(C=NN=Cc2ccccc2)cc1. The highest BCUT2D eigenvalue weighted by Gasteiger charge is 1.87. The van der Waals surface area contributed by atoms with Crippen molar-refractivity contribution in [2.45, 2.75) is 0 Å². The number of hydrogen-bond donors (Lipinski definition) is 0. The van der Waals surface area contributed by atoms with E-state index in [1.165, 1.54) is 0 Å². The monoisotopic (exact) mass is 286 g/mol. The van der Waals surface area contributed by atoms with Gasteiger partial charge in [-0.05, 0) is 23.3 Å². The van der Waals surface area contributed by atoms with E-state index in [1.54, 1.807) is 12.4 Å². The molecule has 0 N–H and O–H groups in total. The summed E-state index contributed by atoms with van der Waals surface area (Å²) < 4.78 is 1.06. The van der Waals surface area contributed by atoms with E-state index in [-0.39, 0.29) is 0 Å². The first-order valence-corrected chi connectivity index (χ1v) is 6.01. The third-order valence-corrected chi connectivity index (χ3v) is 2.68. The smallest absolute Gasteiger partial charge is 0.0568 e. The van der Waals surface area contributed by atoms with Crippen molar-refractivity contribution in [3.05, 3.63) is 70.2 Å². The Morgan fingerprint density at radius 2 is 1.24 bits per heavy atom. The van der Waals surface area contributed by atoms with Crippen LogP contribution in [0.5, 0.6) is 0 Å². The molecule has 2 aromatic rings. The first kappa shape index (κ1) is 11.7.